The van der Waals surface area contributed by atoms with E-state index in [1.165, 1.54) is 0 Å². The van der Waals surface area contributed by atoms with Crippen LogP contribution < -0.4 is 10.1 Å². The lowest BCUT2D eigenvalue weighted by molar-refractivity contribution is 0.0282. The van der Waals surface area contributed by atoms with Crippen molar-refractivity contribution in [2.45, 2.75) is 19.6 Å². The van der Waals surface area contributed by atoms with Gasteiger partial charge >= 0.3 is 0 Å². The van der Waals surface area contributed by atoms with Crippen molar-refractivity contribution in [2.75, 3.05) is 25.1 Å². The van der Waals surface area contributed by atoms with Gasteiger partial charge in [-0.1, -0.05) is 12.1 Å². The molecule has 2 N–H and O–H groups in total. The van der Waals surface area contributed by atoms with Crippen LogP contribution in [0, 0.1) is 0 Å². The zero-order valence-electron chi connectivity index (χ0n) is 12.1. The molecule has 0 radical (unpaired) electrons. The number of nitrogens with one attached hydrogen (secondary N) is 1. The van der Waals surface area contributed by atoms with Gasteiger partial charge in [0.15, 0.2) is 0 Å². The molecule has 1 unspecified atom stereocenters. The largest absolute Gasteiger partial charge is 0.492 e. The van der Waals surface area contributed by atoms with Crippen molar-refractivity contribution in [3.8, 4) is 5.75 Å². The second-order valence-electron chi connectivity index (χ2n) is 4.56. The third-order valence-electron chi connectivity index (χ3n) is 2.85. The molecule has 0 amide bonds. The van der Waals surface area contributed by atoms with Crippen LogP contribution in [0.25, 0.3) is 0 Å². The van der Waals surface area contributed by atoms with E-state index in [4.69, 9.17) is 13.9 Å². The van der Waals surface area contributed by atoms with Crippen molar-refractivity contribution in [1.29, 1.82) is 0 Å². The van der Waals surface area contributed by atoms with Gasteiger partial charge in [-0.15, -0.1) is 0 Å². The molecule has 0 aliphatic heterocycles. The topological polar surface area (TPSA) is 63.9 Å². The minimum Gasteiger partial charge on any atom is -0.492 e. The Bertz CT molecular complexity index is 513. The summed E-state index contributed by atoms with van der Waals surface area (Å²) in [6, 6.07) is 11.3. The van der Waals surface area contributed by atoms with E-state index in [-0.39, 0.29) is 6.61 Å². The van der Waals surface area contributed by atoms with Crippen LogP contribution in [-0.2, 0) is 11.3 Å². The Labute approximate surface area is 124 Å². The third-order valence-corrected chi connectivity index (χ3v) is 2.85. The average Bonchev–Trinajstić information content (AvgIpc) is 3.00. The SMILES string of the molecule is CCOc1ccccc1NCC(O)COCc1ccco1. The van der Waals surface area contributed by atoms with Crippen LogP contribution >= 0.6 is 0 Å². The first-order valence-electron chi connectivity index (χ1n) is 7.03. The molecule has 2 rings (SSSR count). The van der Waals surface area contributed by atoms with E-state index in [1.807, 2.05) is 37.3 Å². The van der Waals surface area contributed by atoms with Crippen molar-refractivity contribution in [1.82, 2.24) is 0 Å². The molecule has 0 aliphatic rings. The number of hydrogen-bond acceptors (Lipinski definition) is 5. The van der Waals surface area contributed by atoms with Gasteiger partial charge < -0.3 is 24.3 Å². The Morgan fingerprint density at radius 2 is 2.10 bits per heavy atom. The van der Waals surface area contributed by atoms with Crippen LogP contribution in [0.15, 0.2) is 47.1 Å². The summed E-state index contributed by atoms with van der Waals surface area (Å²) in [5, 5.41) is 13.1. The maximum atomic E-state index is 9.90. The Hall–Kier alpha value is -1.98. The summed E-state index contributed by atoms with van der Waals surface area (Å²) in [7, 11) is 0. The van der Waals surface area contributed by atoms with Crippen molar-refractivity contribution in [3.05, 3.63) is 48.4 Å². The van der Waals surface area contributed by atoms with Gasteiger partial charge in [0.25, 0.3) is 0 Å². The zero-order chi connectivity index (χ0) is 14.9. The monoisotopic (exact) mass is 291 g/mol. The van der Waals surface area contributed by atoms with Crippen LogP contribution in [-0.4, -0.2) is 31.0 Å². The molecule has 1 aromatic heterocycles. The summed E-state index contributed by atoms with van der Waals surface area (Å²) in [5.74, 6) is 1.53. The van der Waals surface area contributed by atoms with E-state index in [1.54, 1.807) is 12.3 Å². The van der Waals surface area contributed by atoms with Gasteiger partial charge in [0.05, 0.1) is 31.3 Å². The fourth-order valence-electron chi connectivity index (χ4n) is 1.87. The molecular formula is C16H21NO4. The van der Waals surface area contributed by atoms with Crippen molar-refractivity contribution < 1.29 is 19.0 Å². The predicted molar refractivity (Wildman–Crippen MR) is 80.5 cm³/mol. The second-order valence-corrected chi connectivity index (χ2v) is 4.56. The van der Waals surface area contributed by atoms with Crippen LogP contribution in [0.2, 0.25) is 0 Å². The molecule has 0 saturated heterocycles. The summed E-state index contributed by atoms with van der Waals surface area (Å²) in [4.78, 5) is 0. The molecule has 2 aromatic rings. The first-order chi connectivity index (χ1) is 10.3. The molecule has 1 atom stereocenters. The molecule has 21 heavy (non-hydrogen) atoms. The summed E-state index contributed by atoms with van der Waals surface area (Å²) in [5.41, 5.74) is 0.865. The van der Waals surface area contributed by atoms with Crippen LogP contribution in [0.1, 0.15) is 12.7 Å². The Kier molecular flexibility index (Phi) is 6.12. The summed E-state index contributed by atoms with van der Waals surface area (Å²) in [6.07, 6.45) is 0.996. The highest BCUT2D eigenvalue weighted by molar-refractivity contribution is 5.56. The van der Waals surface area contributed by atoms with Crippen molar-refractivity contribution in [3.63, 3.8) is 0 Å². The molecule has 114 valence electrons. The summed E-state index contributed by atoms with van der Waals surface area (Å²) in [6.45, 7) is 3.54. The highest BCUT2D eigenvalue weighted by Crippen LogP contribution is 2.23. The van der Waals surface area contributed by atoms with E-state index in [0.29, 0.717) is 19.8 Å². The minimum atomic E-state index is -0.602. The molecule has 0 bridgehead atoms. The molecule has 0 spiro atoms. The Balaban J connectivity index is 1.72. The van der Waals surface area contributed by atoms with Gasteiger partial charge in [0.2, 0.25) is 0 Å². The molecule has 0 fully saturated rings. The third kappa shape index (κ3) is 5.13. The number of ether oxygens (including phenoxy) is 2. The quantitative estimate of drug-likeness (QED) is 0.743. The van der Waals surface area contributed by atoms with E-state index >= 15 is 0 Å². The van der Waals surface area contributed by atoms with Crippen LogP contribution in [0.5, 0.6) is 5.75 Å². The Morgan fingerprint density at radius 3 is 2.86 bits per heavy atom. The fraction of sp³-hybridized carbons (Fsp3) is 0.375. The van der Waals surface area contributed by atoms with Gasteiger partial charge in [-0.3, -0.25) is 0 Å². The van der Waals surface area contributed by atoms with E-state index < -0.39 is 6.10 Å². The highest BCUT2D eigenvalue weighted by atomic mass is 16.5. The summed E-state index contributed by atoms with van der Waals surface area (Å²) < 4.78 is 16.1. The minimum absolute atomic E-state index is 0.241. The molecule has 1 heterocycles. The first kappa shape index (κ1) is 15.4. The smallest absolute Gasteiger partial charge is 0.142 e. The normalized spacial score (nSPS) is 12.1. The standard InChI is InChI=1S/C16H21NO4/c1-2-20-16-8-4-3-7-15(16)17-10-13(18)11-19-12-14-6-5-9-21-14/h3-9,13,17-18H,2,10-12H2,1H3. The number of para-hydroxylation sites is 2. The van der Waals surface area contributed by atoms with E-state index in [0.717, 1.165) is 17.2 Å². The number of aliphatic hydroxyl groups excluding tert-OH is 1. The molecular weight excluding hydrogens is 270 g/mol. The van der Waals surface area contributed by atoms with Gasteiger partial charge in [0, 0.05) is 6.54 Å². The van der Waals surface area contributed by atoms with Crippen LogP contribution in [0.3, 0.4) is 0 Å². The molecule has 0 saturated carbocycles. The zero-order valence-corrected chi connectivity index (χ0v) is 12.1. The molecule has 5 heteroatoms. The average molecular weight is 291 g/mol. The summed E-state index contributed by atoms with van der Waals surface area (Å²) >= 11 is 0. The maximum absolute atomic E-state index is 9.90. The fourth-order valence-corrected chi connectivity index (χ4v) is 1.87. The number of furan rings is 1. The van der Waals surface area contributed by atoms with Gasteiger partial charge in [0.1, 0.15) is 18.1 Å². The van der Waals surface area contributed by atoms with E-state index in [2.05, 4.69) is 5.32 Å². The Morgan fingerprint density at radius 1 is 1.24 bits per heavy atom. The lowest BCUT2D eigenvalue weighted by Gasteiger charge is -2.15. The number of benzene rings is 1. The second kappa shape index (κ2) is 8.34. The number of anilines is 1. The number of rotatable bonds is 9. The van der Waals surface area contributed by atoms with Gasteiger partial charge in [-0.2, -0.15) is 0 Å². The maximum Gasteiger partial charge on any atom is 0.142 e. The van der Waals surface area contributed by atoms with Gasteiger partial charge in [-0.25, -0.2) is 0 Å². The highest BCUT2D eigenvalue weighted by Gasteiger charge is 2.07. The molecule has 0 aliphatic carbocycles. The predicted octanol–water partition coefficient (Wildman–Crippen LogP) is 2.67. The van der Waals surface area contributed by atoms with E-state index in [9.17, 15) is 5.11 Å². The van der Waals surface area contributed by atoms with Crippen molar-refractivity contribution in [2.24, 2.45) is 0 Å². The molecule has 1 aromatic carbocycles. The van der Waals surface area contributed by atoms with Gasteiger partial charge in [-0.05, 0) is 31.2 Å². The number of hydrogen-bond donors (Lipinski definition) is 2. The lowest BCUT2D eigenvalue weighted by Crippen LogP contribution is -2.25. The first-order valence-corrected chi connectivity index (χ1v) is 7.03. The molecule has 5 nitrogen and oxygen atoms in total. The number of aliphatic hydroxyl groups is 1. The van der Waals surface area contributed by atoms with Crippen LogP contribution in [0.4, 0.5) is 5.69 Å². The van der Waals surface area contributed by atoms with Crippen molar-refractivity contribution >= 4 is 5.69 Å². The lowest BCUT2D eigenvalue weighted by atomic mass is 10.2.